The number of allylic oxidation sites excluding steroid dienone is 1. The quantitative estimate of drug-likeness (QED) is 0.339. The summed E-state index contributed by atoms with van der Waals surface area (Å²) in [6.45, 7) is 2.11. The molecule has 2 aromatic rings. The summed E-state index contributed by atoms with van der Waals surface area (Å²) in [5, 5.41) is 10.5. The lowest BCUT2D eigenvalue weighted by atomic mass is 9.68. The average molecular weight is 740 g/mol. The lowest BCUT2D eigenvalue weighted by molar-refractivity contribution is -0.148. The number of aliphatic hydroxyl groups excluding tert-OH is 1. The van der Waals surface area contributed by atoms with Crippen molar-refractivity contribution in [1.29, 1.82) is 0 Å². The number of nitrogens with zero attached hydrogens (tertiary/aromatic N) is 2. The van der Waals surface area contributed by atoms with E-state index in [1.807, 2.05) is 12.1 Å². The van der Waals surface area contributed by atoms with Gasteiger partial charge in [0.25, 0.3) is 5.91 Å². The molecule has 1 saturated heterocycles. The van der Waals surface area contributed by atoms with Crippen molar-refractivity contribution in [2.45, 2.75) is 74.6 Å². The van der Waals surface area contributed by atoms with Crippen molar-refractivity contribution in [3.05, 3.63) is 70.3 Å². The Kier molecular flexibility index (Phi) is 10.1. The lowest BCUT2D eigenvalue weighted by Crippen LogP contribution is -2.51. The third-order valence-electron chi connectivity index (χ3n) is 11.8. The van der Waals surface area contributed by atoms with E-state index in [1.165, 1.54) is 23.1 Å². The number of halogens is 1. The number of piperidine rings is 1. The van der Waals surface area contributed by atoms with Gasteiger partial charge in [0, 0.05) is 42.2 Å². The molecule has 7 rings (SSSR count). The molecular weight excluding hydrogens is 694 g/mol. The number of sulfonamides is 1. The smallest absolute Gasteiger partial charge is 0.308 e. The van der Waals surface area contributed by atoms with E-state index in [2.05, 4.69) is 15.7 Å². The van der Waals surface area contributed by atoms with Crippen LogP contribution in [0, 0.1) is 17.8 Å². The number of fused-ring (bicyclic) bond motifs is 4. The molecule has 2 bridgehead atoms. The van der Waals surface area contributed by atoms with E-state index in [0.717, 1.165) is 32.1 Å². The fourth-order valence-corrected chi connectivity index (χ4v) is 10.4. The average Bonchev–Trinajstić information content (AvgIpc) is 3.25. The Morgan fingerprint density at radius 2 is 1.88 bits per heavy atom. The Hall–Kier alpha value is -3.61. The molecule has 1 spiro atoms. The molecule has 274 valence electrons. The van der Waals surface area contributed by atoms with E-state index < -0.39 is 33.2 Å². The van der Waals surface area contributed by atoms with E-state index in [-0.39, 0.29) is 60.6 Å². The minimum Gasteiger partial charge on any atom is -0.490 e. The molecule has 5 aliphatic rings. The molecule has 2 aliphatic carbocycles. The highest BCUT2D eigenvalue weighted by molar-refractivity contribution is 7.91. The summed E-state index contributed by atoms with van der Waals surface area (Å²) in [6.07, 6.45) is 8.23. The fourth-order valence-electron chi connectivity index (χ4n) is 8.81. The van der Waals surface area contributed by atoms with Gasteiger partial charge in [-0.3, -0.25) is 14.4 Å². The third-order valence-corrected chi connectivity index (χ3v) is 13.7. The number of ether oxygens (including phenoxy) is 2. The summed E-state index contributed by atoms with van der Waals surface area (Å²) >= 11 is 6.41. The number of carbonyl (C=O) groups excluding carboxylic acids is 3. The molecular formula is C38H46ClN3O8S. The lowest BCUT2D eigenvalue weighted by Gasteiger charge is -2.45. The summed E-state index contributed by atoms with van der Waals surface area (Å²) in [6, 6.07) is 11.0. The van der Waals surface area contributed by atoms with E-state index in [0.29, 0.717) is 49.0 Å². The number of nitrogens with one attached hydrogen (secondary N) is 1. The number of aryl methyl sites for hydroxylation is 1. The predicted octanol–water partition coefficient (Wildman–Crippen LogP) is 4.39. The Labute approximate surface area is 304 Å². The summed E-state index contributed by atoms with van der Waals surface area (Å²) in [5.41, 5.74) is 2.92. The van der Waals surface area contributed by atoms with Crippen LogP contribution in [0.5, 0.6) is 5.75 Å². The third kappa shape index (κ3) is 7.11. The zero-order chi connectivity index (χ0) is 35.9. The second-order valence-corrected chi connectivity index (χ2v) is 17.2. The fraction of sp³-hybridized carbons (Fsp3) is 0.553. The molecule has 0 unspecified atom stereocenters. The number of carbonyl (C=O) groups is 3. The monoisotopic (exact) mass is 739 g/mol. The molecule has 2 N–H and O–H groups in total. The van der Waals surface area contributed by atoms with Crippen LogP contribution in [0.4, 0.5) is 5.69 Å². The van der Waals surface area contributed by atoms with Crippen molar-refractivity contribution in [2.24, 2.45) is 17.8 Å². The molecule has 13 heteroatoms. The number of rotatable bonds is 2. The largest absolute Gasteiger partial charge is 0.490 e. The predicted molar refractivity (Wildman–Crippen MR) is 192 cm³/mol. The van der Waals surface area contributed by atoms with Crippen molar-refractivity contribution in [3.8, 4) is 5.75 Å². The van der Waals surface area contributed by atoms with Crippen molar-refractivity contribution >= 4 is 45.1 Å². The van der Waals surface area contributed by atoms with Crippen LogP contribution in [0.2, 0.25) is 5.02 Å². The van der Waals surface area contributed by atoms with Crippen LogP contribution in [-0.2, 0) is 36.2 Å². The normalized spacial score (nSPS) is 30.1. The summed E-state index contributed by atoms with van der Waals surface area (Å²) in [5.74, 6) is -1.34. The van der Waals surface area contributed by atoms with Crippen LogP contribution in [0.1, 0.15) is 72.9 Å². The Morgan fingerprint density at radius 1 is 1.08 bits per heavy atom. The Bertz CT molecular complexity index is 1830. The number of esters is 1. The molecule has 11 nitrogen and oxygen atoms in total. The van der Waals surface area contributed by atoms with Gasteiger partial charge in [0.1, 0.15) is 5.75 Å². The molecule has 3 heterocycles. The maximum absolute atomic E-state index is 13.9. The number of benzene rings is 2. The van der Waals surface area contributed by atoms with Crippen molar-refractivity contribution in [1.82, 2.24) is 9.62 Å². The maximum atomic E-state index is 13.9. The van der Waals surface area contributed by atoms with Gasteiger partial charge in [0.2, 0.25) is 15.9 Å². The summed E-state index contributed by atoms with van der Waals surface area (Å²) in [4.78, 5) is 43.3. The van der Waals surface area contributed by atoms with Gasteiger partial charge in [0.05, 0.1) is 31.4 Å². The Balaban J connectivity index is 1.21. The summed E-state index contributed by atoms with van der Waals surface area (Å²) < 4.78 is 41.4. The second-order valence-electron chi connectivity index (χ2n) is 14.9. The first-order valence-electron chi connectivity index (χ1n) is 18.1. The molecule has 0 radical (unpaired) electrons. The van der Waals surface area contributed by atoms with Crippen LogP contribution in [0.15, 0.2) is 48.6 Å². The number of hydrogen-bond donors (Lipinski definition) is 2. The van der Waals surface area contributed by atoms with Crippen molar-refractivity contribution < 1.29 is 37.4 Å². The minimum atomic E-state index is -4.49. The van der Waals surface area contributed by atoms with E-state index in [1.54, 1.807) is 30.4 Å². The number of hydrogen-bond acceptors (Lipinski definition) is 9. The van der Waals surface area contributed by atoms with Crippen LogP contribution >= 0.6 is 11.6 Å². The van der Waals surface area contributed by atoms with Gasteiger partial charge in [-0.05, 0) is 111 Å². The molecule has 0 aromatic heterocycles. The number of likely N-dealkylation sites (tertiary alicyclic amines) is 1. The topological polar surface area (TPSA) is 143 Å². The van der Waals surface area contributed by atoms with Gasteiger partial charge in [-0.25, -0.2) is 13.1 Å². The van der Waals surface area contributed by atoms with Crippen LogP contribution in [-0.4, -0.2) is 87.5 Å². The van der Waals surface area contributed by atoms with Gasteiger partial charge < -0.3 is 24.4 Å². The zero-order valence-electron chi connectivity index (χ0n) is 28.9. The summed E-state index contributed by atoms with van der Waals surface area (Å²) in [7, 11) is -3.17. The molecule has 3 aliphatic heterocycles. The highest BCUT2D eigenvalue weighted by atomic mass is 35.5. The van der Waals surface area contributed by atoms with E-state index in [9.17, 15) is 27.9 Å². The van der Waals surface area contributed by atoms with Gasteiger partial charge in [-0.2, -0.15) is 0 Å². The highest BCUT2D eigenvalue weighted by Gasteiger charge is 2.45. The van der Waals surface area contributed by atoms with E-state index in [4.69, 9.17) is 21.1 Å². The molecule has 2 aromatic carbocycles. The molecule has 5 atom stereocenters. The molecule has 2 amide bonds. The SMILES string of the molecule is COC(=O)C1CCN(C(=O)[C@H]2CC/C=C/[C@H](O)[C@@H]3CC[C@H]3CN3C[C@@]4(CCCc5cc(Cl)ccc54)COc4ccc(cc43)C(=O)NS2(=O)=O)CC1. The molecule has 51 heavy (non-hydrogen) atoms. The van der Waals surface area contributed by atoms with E-state index >= 15 is 0 Å². The van der Waals surface area contributed by atoms with Crippen LogP contribution in [0.3, 0.4) is 0 Å². The minimum absolute atomic E-state index is 0.0129. The van der Waals surface area contributed by atoms with Gasteiger partial charge in [-0.1, -0.05) is 29.8 Å². The van der Waals surface area contributed by atoms with Crippen molar-refractivity contribution in [2.75, 3.05) is 44.8 Å². The first kappa shape index (κ1) is 35.8. The maximum Gasteiger partial charge on any atom is 0.308 e. The Morgan fingerprint density at radius 3 is 2.63 bits per heavy atom. The van der Waals surface area contributed by atoms with Crippen LogP contribution < -0.4 is 14.4 Å². The number of aliphatic hydroxyl groups is 1. The number of anilines is 1. The number of amides is 2. The van der Waals surface area contributed by atoms with Gasteiger partial charge in [-0.15, -0.1) is 0 Å². The van der Waals surface area contributed by atoms with Gasteiger partial charge in [0.15, 0.2) is 5.25 Å². The molecule has 2 fully saturated rings. The molecule has 1 saturated carbocycles. The van der Waals surface area contributed by atoms with Crippen LogP contribution in [0.25, 0.3) is 0 Å². The second kappa shape index (κ2) is 14.4. The highest BCUT2D eigenvalue weighted by Crippen LogP contribution is 2.47. The first-order valence-corrected chi connectivity index (χ1v) is 20.0. The number of methoxy groups -OCH3 is 1. The standard InChI is InChI=1S/C38H46ClN3O8S/c1-49-37(46)24-14-17-41(18-15-24)36(45)34-7-3-2-6-32(43)29-11-8-27(29)21-42-22-38(16-4-5-25-19-28(39)10-12-30(25)38)23-50-33-13-9-26(20-31(33)42)35(44)40-51(34,47)48/h2,6,9-10,12-13,19-20,24,27,29,32,34,43H,3-5,7-8,11,14-18,21-23H2,1H3,(H,40,44)/b6-2+/t27-,29+,32-,34+,38-/m0/s1. The van der Waals surface area contributed by atoms with Crippen molar-refractivity contribution in [3.63, 3.8) is 0 Å². The zero-order valence-corrected chi connectivity index (χ0v) is 30.5. The van der Waals surface area contributed by atoms with Gasteiger partial charge >= 0.3 is 5.97 Å². The first-order chi connectivity index (χ1) is 24.5.